The van der Waals surface area contributed by atoms with Crippen LogP contribution in [0.1, 0.15) is 46.4 Å². The van der Waals surface area contributed by atoms with Crippen molar-refractivity contribution >= 4 is 40.4 Å². The summed E-state index contributed by atoms with van der Waals surface area (Å²) in [5.41, 5.74) is 1.32. The van der Waals surface area contributed by atoms with Crippen LogP contribution in [0.3, 0.4) is 0 Å². The minimum atomic E-state index is -4.55. The highest BCUT2D eigenvalue weighted by Gasteiger charge is 2.44. The van der Waals surface area contributed by atoms with Gasteiger partial charge in [-0.25, -0.2) is 5.01 Å². The number of hydrogen-bond acceptors (Lipinski definition) is 5. The first-order valence-electron chi connectivity index (χ1n) is 10.6. The zero-order valence-corrected chi connectivity index (χ0v) is 19.4. The maximum Gasteiger partial charge on any atom is 0.435 e. The summed E-state index contributed by atoms with van der Waals surface area (Å²) in [4.78, 5) is 15.5. The molecule has 0 saturated heterocycles. The summed E-state index contributed by atoms with van der Waals surface area (Å²) in [7, 11) is 0. The molecule has 1 aliphatic heterocycles. The predicted molar refractivity (Wildman–Crippen MR) is 123 cm³/mol. The van der Waals surface area contributed by atoms with Crippen molar-refractivity contribution < 1.29 is 18.0 Å². The van der Waals surface area contributed by atoms with E-state index in [4.69, 9.17) is 5.10 Å². The summed E-state index contributed by atoms with van der Waals surface area (Å²) in [6.45, 7) is 1.22. The Hall–Kier alpha value is -2.72. The van der Waals surface area contributed by atoms with Crippen molar-refractivity contribution in [2.24, 2.45) is 11.0 Å². The zero-order chi connectivity index (χ0) is 23.2. The van der Waals surface area contributed by atoms with Gasteiger partial charge in [0.05, 0.1) is 11.8 Å². The van der Waals surface area contributed by atoms with Crippen LogP contribution in [0.15, 0.2) is 51.8 Å². The quantitative estimate of drug-likeness (QED) is 0.440. The van der Waals surface area contributed by atoms with Gasteiger partial charge in [-0.2, -0.15) is 23.4 Å². The molecule has 0 aromatic carbocycles. The average Bonchev–Trinajstić information content (AvgIpc) is 3.54. The Morgan fingerprint density at radius 2 is 2.03 bits per heavy atom. The largest absolute Gasteiger partial charge is 0.435 e. The Kier molecular flexibility index (Phi) is 5.74. The van der Waals surface area contributed by atoms with Crippen molar-refractivity contribution in [3.05, 3.63) is 67.8 Å². The molecule has 3 aromatic heterocycles. The van der Waals surface area contributed by atoms with Gasteiger partial charge in [-0.3, -0.25) is 9.48 Å². The lowest BCUT2D eigenvalue weighted by Gasteiger charge is -2.28. The summed E-state index contributed by atoms with van der Waals surface area (Å²) in [6, 6.07) is 8.69. The molecular weight excluding hydrogens is 469 g/mol. The maximum atomic E-state index is 13.4. The van der Waals surface area contributed by atoms with Gasteiger partial charge in [0, 0.05) is 21.4 Å². The van der Waals surface area contributed by atoms with E-state index in [-0.39, 0.29) is 30.1 Å². The molecule has 1 fully saturated rings. The summed E-state index contributed by atoms with van der Waals surface area (Å²) >= 11 is 3.22. The van der Waals surface area contributed by atoms with E-state index in [1.807, 2.05) is 29.0 Å². The number of alkyl halides is 3. The second-order valence-electron chi connectivity index (χ2n) is 8.19. The number of hydrogen-bond donors (Lipinski definition) is 0. The topological polar surface area (TPSA) is 50.5 Å². The van der Waals surface area contributed by atoms with Gasteiger partial charge in [-0.05, 0) is 66.8 Å². The molecular formula is C23H21F3N4OS2. The van der Waals surface area contributed by atoms with E-state index in [0.717, 1.165) is 51.0 Å². The van der Waals surface area contributed by atoms with Crippen LogP contribution < -0.4 is 0 Å². The molecule has 0 unspecified atom stereocenters. The molecule has 0 bridgehead atoms. The van der Waals surface area contributed by atoms with Gasteiger partial charge in [0.1, 0.15) is 6.54 Å². The van der Waals surface area contributed by atoms with Crippen LogP contribution in [-0.4, -0.2) is 26.4 Å². The average molecular weight is 491 g/mol. The van der Waals surface area contributed by atoms with Crippen molar-refractivity contribution in [1.29, 1.82) is 0 Å². The van der Waals surface area contributed by atoms with Gasteiger partial charge in [0.15, 0.2) is 5.69 Å². The van der Waals surface area contributed by atoms with Crippen molar-refractivity contribution in [1.82, 2.24) is 14.8 Å². The van der Waals surface area contributed by atoms with Gasteiger partial charge >= 0.3 is 6.18 Å². The fourth-order valence-corrected chi connectivity index (χ4v) is 6.06. The highest BCUT2D eigenvalue weighted by molar-refractivity contribution is 7.11. The first-order chi connectivity index (χ1) is 15.8. The summed E-state index contributed by atoms with van der Waals surface area (Å²) in [5, 5.41) is 13.9. The maximum absolute atomic E-state index is 13.4. The Morgan fingerprint density at radius 1 is 1.24 bits per heavy atom. The fourth-order valence-electron chi connectivity index (χ4n) is 4.50. The van der Waals surface area contributed by atoms with Crippen LogP contribution in [-0.2, 0) is 17.5 Å². The number of amides is 1. The van der Waals surface area contributed by atoms with Gasteiger partial charge < -0.3 is 0 Å². The van der Waals surface area contributed by atoms with Gasteiger partial charge in [0.25, 0.3) is 5.91 Å². The number of thiophene rings is 2. The monoisotopic (exact) mass is 490 g/mol. The smallest absolute Gasteiger partial charge is 0.271 e. The summed E-state index contributed by atoms with van der Waals surface area (Å²) in [5.74, 6) is -0.303. The lowest BCUT2D eigenvalue weighted by molar-refractivity contribution is -0.142. The molecule has 2 aliphatic rings. The Bertz CT molecular complexity index is 1210. The van der Waals surface area contributed by atoms with Crippen LogP contribution in [0, 0.1) is 12.8 Å². The standard InChI is InChI=1S/C23H21F3N4OS2/c1-14-11-19(23(24,25)26)27-29(14)13-20(31)30-22(18-8-4-10-33-18)17-7-2-5-15(21(17)28-30)12-16-6-3-9-32-16/h3-4,6,8-12,17,22H,2,5,7,13H2,1H3/b15-12+/t17-,22+/m1/s1. The van der Waals surface area contributed by atoms with Gasteiger partial charge in [-0.15, -0.1) is 22.7 Å². The second kappa shape index (κ2) is 8.57. The summed E-state index contributed by atoms with van der Waals surface area (Å²) in [6.07, 6.45) is 0.384. The first kappa shape index (κ1) is 22.1. The van der Waals surface area contributed by atoms with E-state index < -0.39 is 11.9 Å². The predicted octanol–water partition coefficient (Wildman–Crippen LogP) is 6.16. The number of carbonyl (C=O) groups excluding carboxylic acids is 1. The molecule has 1 aliphatic carbocycles. The minimum absolute atomic E-state index is 0.0667. The third-order valence-corrected chi connectivity index (χ3v) is 7.77. The molecule has 5 rings (SSSR count). The summed E-state index contributed by atoms with van der Waals surface area (Å²) < 4.78 is 40.3. The second-order valence-corrected chi connectivity index (χ2v) is 10.2. The van der Waals surface area contributed by atoms with E-state index in [1.54, 1.807) is 22.7 Å². The van der Waals surface area contributed by atoms with Crippen molar-refractivity contribution in [2.75, 3.05) is 0 Å². The van der Waals surface area contributed by atoms with Crippen LogP contribution in [0.2, 0.25) is 0 Å². The Labute approximate surface area is 196 Å². The number of nitrogens with zero attached hydrogens (tertiary/aromatic N) is 4. The Balaban J connectivity index is 1.48. The number of carbonyl (C=O) groups is 1. The molecule has 1 amide bonds. The third-order valence-electron chi connectivity index (χ3n) is 6.01. The molecule has 5 nitrogen and oxygen atoms in total. The number of halogens is 3. The van der Waals surface area contributed by atoms with E-state index >= 15 is 0 Å². The highest BCUT2D eigenvalue weighted by Crippen LogP contribution is 2.45. The lowest BCUT2D eigenvalue weighted by atomic mass is 9.79. The molecule has 1 saturated carbocycles. The molecule has 10 heteroatoms. The molecule has 4 heterocycles. The molecule has 2 atom stereocenters. The number of aromatic nitrogens is 2. The molecule has 3 aromatic rings. The molecule has 33 heavy (non-hydrogen) atoms. The van der Waals surface area contributed by atoms with E-state index in [2.05, 4.69) is 17.2 Å². The van der Waals surface area contributed by atoms with E-state index in [0.29, 0.717) is 0 Å². The first-order valence-corrected chi connectivity index (χ1v) is 12.4. The van der Waals surface area contributed by atoms with Crippen molar-refractivity contribution in [3.8, 4) is 0 Å². The molecule has 0 spiro atoms. The van der Waals surface area contributed by atoms with E-state index in [1.165, 1.54) is 11.9 Å². The van der Waals surface area contributed by atoms with Crippen LogP contribution >= 0.6 is 22.7 Å². The minimum Gasteiger partial charge on any atom is -0.271 e. The van der Waals surface area contributed by atoms with Crippen LogP contribution in [0.4, 0.5) is 13.2 Å². The zero-order valence-electron chi connectivity index (χ0n) is 17.7. The number of rotatable bonds is 4. The highest BCUT2D eigenvalue weighted by atomic mass is 32.1. The normalized spacial score (nSPS) is 22.0. The number of fused-ring (bicyclic) bond motifs is 1. The SMILES string of the molecule is Cc1cc(C(F)(F)F)nn1CC(=O)N1N=C2/C(=C/c3cccs3)CCC[C@H]2[C@H]1c1cccs1. The Morgan fingerprint density at radius 3 is 2.70 bits per heavy atom. The molecule has 0 N–H and O–H groups in total. The van der Waals surface area contributed by atoms with E-state index in [9.17, 15) is 18.0 Å². The van der Waals surface area contributed by atoms with Crippen LogP contribution in [0.5, 0.6) is 0 Å². The fraction of sp³-hybridized carbons (Fsp3) is 0.348. The molecule has 0 radical (unpaired) electrons. The third kappa shape index (κ3) is 4.29. The number of aryl methyl sites for hydroxylation is 1. The molecule has 172 valence electrons. The number of hydrazone groups is 1. The van der Waals surface area contributed by atoms with Gasteiger partial charge in [-0.1, -0.05) is 12.1 Å². The van der Waals surface area contributed by atoms with Crippen molar-refractivity contribution in [2.45, 2.75) is 44.9 Å². The van der Waals surface area contributed by atoms with Crippen LogP contribution in [0.25, 0.3) is 6.08 Å². The van der Waals surface area contributed by atoms with Crippen molar-refractivity contribution in [3.63, 3.8) is 0 Å². The number of allylic oxidation sites excluding steroid dienone is 1. The lowest BCUT2D eigenvalue weighted by Crippen LogP contribution is -2.33. The van der Waals surface area contributed by atoms with Gasteiger partial charge in [0.2, 0.25) is 0 Å².